The molecular weight excluding hydrogens is 324 g/mol. The number of piperazine rings is 1. The number of benzene rings is 2. The molecule has 2 aromatic rings. The molecule has 26 heavy (non-hydrogen) atoms. The van der Waals surface area contributed by atoms with Crippen LogP contribution in [0.4, 0.5) is 0 Å². The molecule has 3 rings (SSSR count). The van der Waals surface area contributed by atoms with Crippen molar-refractivity contribution in [3.63, 3.8) is 0 Å². The highest BCUT2D eigenvalue weighted by atomic mass is 16.5. The van der Waals surface area contributed by atoms with Crippen molar-refractivity contribution in [2.45, 2.75) is 32.5 Å². The third-order valence-corrected chi connectivity index (χ3v) is 5.22. The summed E-state index contributed by atoms with van der Waals surface area (Å²) in [6, 6.07) is 17.5. The Hall–Kier alpha value is -1.88. The molecule has 0 saturated carbocycles. The number of aliphatic hydroxyl groups is 1. The number of nitrogens with zero attached hydrogens (tertiary/aromatic N) is 2. The Morgan fingerprint density at radius 2 is 1.62 bits per heavy atom. The zero-order valence-electron chi connectivity index (χ0n) is 15.9. The molecule has 1 N–H and O–H groups in total. The van der Waals surface area contributed by atoms with Gasteiger partial charge in [0.2, 0.25) is 0 Å². The Kier molecular flexibility index (Phi) is 6.67. The number of methoxy groups -OCH3 is 1. The lowest BCUT2D eigenvalue weighted by Gasteiger charge is -2.41. The number of aryl methyl sites for hydroxylation is 1. The molecule has 2 aromatic carbocycles. The SMILES string of the molecule is COc1ccc(CN2CCN(Cc3ccc(C)cc3)[C@@H](CCO)C2)cc1. The van der Waals surface area contributed by atoms with Crippen molar-refractivity contribution < 1.29 is 9.84 Å². The Morgan fingerprint density at radius 1 is 0.962 bits per heavy atom. The van der Waals surface area contributed by atoms with Crippen LogP contribution in [-0.2, 0) is 13.1 Å². The van der Waals surface area contributed by atoms with Crippen LogP contribution in [0.25, 0.3) is 0 Å². The van der Waals surface area contributed by atoms with Crippen LogP contribution in [0.3, 0.4) is 0 Å². The van der Waals surface area contributed by atoms with Crippen LogP contribution in [0.5, 0.6) is 5.75 Å². The molecule has 0 radical (unpaired) electrons. The van der Waals surface area contributed by atoms with E-state index in [0.717, 1.165) is 44.9 Å². The molecule has 4 nitrogen and oxygen atoms in total. The fourth-order valence-electron chi connectivity index (χ4n) is 3.65. The van der Waals surface area contributed by atoms with Gasteiger partial charge in [-0.1, -0.05) is 42.0 Å². The minimum atomic E-state index is 0.242. The number of hydrogen-bond acceptors (Lipinski definition) is 4. The van der Waals surface area contributed by atoms with E-state index in [1.807, 2.05) is 12.1 Å². The second-order valence-corrected chi connectivity index (χ2v) is 7.21. The van der Waals surface area contributed by atoms with Crippen molar-refractivity contribution in [1.29, 1.82) is 0 Å². The molecule has 0 aromatic heterocycles. The summed E-state index contributed by atoms with van der Waals surface area (Å²) in [5, 5.41) is 9.51. The van der Waals surface area contributed by atoms with Crippen molar-refractivity contribution >= 4 is 0 Å². The van der Waals surface area contributed by atoms with Gasteiger partial charge < -0.3 is 9.84 Å². The average molecular weight is 354 g/mol. The van der Waals surface area contributed by atoms with E-state index in [1.165, 1.54) is 16.7 Å². The molecule has 1 saturated heterocycles. The Labute approximate surface area is 157 Å². The van der Waals surface area contributed by atoms with E-state index >= 15 is 0 Å². The Bertz CT molecular complexity index is 670. The van der Waals surface area contributed by atoms with Gasteiger partial charge in [0.15, 0.2) is 0 Å². The molecule has 0 bridgehead atoms. The summed E-state index contributed by atoms with van der Waals surface area (Å²) in [4.78, 5) is 5.01. The smallest absolute Gasteiger partial charge is 0.118 e. The van der Waals surface area contributed by atoms with Gasteiger partial charge in [-0.05, 0) is 36.6 Å². The summed E-state index contributed by atoms with van der Waals surface area (Å²) in [6.07, 6.45) is 0.824. The zero-order valence-corrected chi connectivity index (χ0v) is 15.9. The topological polar surface area (TPSA) is 35.9 Å². The predicted octanol–water partition coefficient (Wildman–Crippen LogP) is 3.07. The summed E-state index contributed by atoms with van der Waals surface area (Å²) in [6.45, 7) is 7.36. The van der Waals surface area contributed by atoms with Gasteiger partial charge in [0.05, 0.1) is 7.11 Å². The fraction of sp³-hybridized carbons (Fsp3) is 0.455. The van der Waals surface area contributed by atoms with Gasteiger partial charge in [0, 0.05) is 45.4 Å². The first-order chi connectivity index (χ1) is 12.7. The van der Waals surface area contributed by atoms with E-state index in [4.69, 9.17) is 4.74 Å². The molecule has 1 fully saturated rings. The van der Waals surface area contributed by atoms with E-state index in [9.17, 15) is 5.11 Å². The number of hydrogen-bond donors (Lipinski definition) is 1. The lowest BCUT2D eigenvalue weighted by Crippen LogP contribution is -2.52. The van der Waals surface area contributed by atoms with Gasteiger partial charge in [-0.2, -0.15) is 0 Å². The minimum absolute atomic E-state index is 0.242. The van der Waals surface area contributed by atoms with E-state index in [-0.39, 0.29) is 6.61 Å². The maximum Gasteiger partial charge on any atom is 0.118 e. The van der Waals surface area contributed by atoms with Crippen molar-refractivity contribution in [3.8, 4) is 5.75 Å². The third-order valence-electron chi connectivity index (χ3n) is 5.22. The quantitative estimate of drug-likeness (QED) is 0.829. The third kappa shape index (κ3) is 5.07. The molecular formula is C22H30N2O2. The van der Waals surface area contributed by atoms with Crippen LogP contribution in [-0.4, -0.2) is 54.3 Å². The molecule has 1 aliphatic rings. The van der Waals surface area contributed by atoms with Gasteiger partial charge >= 0.3 is 0 Å². The van der Waals surface area contributed by atoms with Gasteiger partial charge in [0.1, 0.15) is 5.75 Å². The fourth-order valence-corrected chi connectivity index (χ4v) is 3.65. The first-order valence-corrected chi connectivity index (χ1v) is 9.43. The zero-order chi connectivity index (χ0) is 18.4. The van der Waals surface area contributed by atoms with Crippen LogP contribution in [0.1, 0.15) is 23.1 Å². The van der Waals surface area contributed by atoms with Crippen LogP contribution in [0.15, 0.2) is 48.5 Å². The molecule has 0 unspecified atom stereocenters. The molecule has 140 valence electrons. The molecule has 1 heterocycles. The highest BCUT2D eigenvalue weighted by Crippen LogP contribution is 2.19. The van der Waals surface area contributed by atoms with E-state index in [2.05, 4.69) is 53.1 Å². The first kappa shape index (κ1) is 18.9. The number of ether oxygens (including phenoxy) is 1. The number of rotatable bonds is 7. The van der Waals surface area contributed by atoms with Crippen LogP contribution >= 0.6 is 0 Å². The lowest BCUT2D eigenvalue weighted by molar-refractivity contribution is 0.0500. The second kappa shape index (κ2) is 9.17. The molecule has 4 heteroatoms. The largest absolute Gasteiger partial charge is 0.497 e. The standard InChI is InChI=1S/C22H30N2O2/c1-18-3-5-20(6-4-18)16-24-13-12-23(17-21(24)11-14-25)15-19-7-9-22(26-2)10-8-19/h3-10,21,25H,11-17H2,1-2H3/t21-/m0/s1. The summed E-state index contributed by atoms with van der Waals surface area (Å²) >= 11 is 0. The molecule has 1 atom stereocenters. The van der Waals surface area contributed by atoms with Crippen molar-refractivity contribution in [1.82, 2.24) is 9.80 Å². The highest BCUT2D eigenvalue weighted by molar-refractivity contribution is 5.27. The summed E-state index contributed by atoms with van der Waals surface area (Å²) in [5.41, 5.74) is 3.95. The molecule has 0 spiro atoms. The van der Waals surface area contributed by atoms with Gasteiger partial charge in [-0.3, -0.25) is 9.80 Å². The average Bonchev–Trinajstić information content (AvgIpc) is 2.66. The van der Waals surface area contributed by atoms with E-state index in [1.54, 1.807) is 7.11 Å². The van der Waals surface area contributed by atoms with Crippen molar-refractivity contribution in [2.24, 2.45) is 0 Å². The van der Waals surface area contributed by atoms with Crippen LogP contribution in [0.2, 0.25) is 0 Å². The van der Waals surface area contributed by atoms with Crippen molar-refractivity contribution in [2.75, 3.05) is 33.4 Å². The molecule has 0 aliphatic carbocycles. The Morgan fingerprint density at radius 3 is 2.27 bits per heavy atom. The first-order valence-electron chi connectivity index (χ1n) is 9.43. The summed E-state index contributed by atoms with van der Waals surface area (Å²) in [7, 11) is 1.70. The van der Waals surface area contributed by atoms with Crippen LogP contribution in [0, 0.1) is 6.92 Å². The van der Waals surface area contributed by atoms with Gasteiger partial charge in [-0.15, -0.1) is 0 Å². The highest BCUT2D eigenvalue weighted by Gasteiger charge is 2.26. The summed E-state index contributed by atoms with van der Waals surface area (Å²) in [5.74, 6) is 0.898. The maximum atomic E-state index is 9.51. The van der Waals surface area contributed by atoms with Crippen LogP contribution < -0.4 is 4.74 Å². The van der Waals surface area contributed by atoms with E-state index < -0.39 is 0 Å². The summed E-state index contributed by atoms with van der Waals surface area (Å²) < 4.78 is 5.24. The molecule has 1 aliphatic heterocycles. The maximum absolute atomic E-state index is 9.51. The van der Waals surface area contributed by atoms with Gasteiger partial charge in [0.25, 0.3) is 0 Å². The number of aliphatic hydroxyl groups excluding tert-OH is 1. The lowest BCUT2D eigenvalue weighted by atomic mass is 10.1. The van der Waals surface area contributed by atoms with Gasteiger partial charge in [-0.25, -0.2) is 0 Å². The second-order valence-electron chi connectivity index (χ2n) is 7.21. The monoisotopic (exact) mass is 354 g/mol. The normalized spacial score (nSPS) is 18.8. The van der Waals surface area contributed by atoms with Crippen molar-refractivity contribution in [3.05, 3.63) is 65.2 Å². The minimum Gasteiger partial charge on any atom is -0.497 e. The molecule has 0 amide bonds. The predicted molar refractivity (Wildman–Crippen MR) is 105 cm³/mol. The van der Waals surface area contributed by atoms with E-state index in [0.29, 0.717) is 6.04 Å². The Balaban J connectivity index is 1.60.